The molecule has 0 radical (unpaired) electrons. The highest BCUT2D eigenvalue weighted by molar-refractivity contribution is 7.89. The van der Waals surface area contributed by atoms with Crippen LogP contribution in [0.25, 0.3) is 0 Å². The molecule has 6 heteroatoms. The van der Waals surface area contributed by atoms with E-state index in [-0.39, 0.29) is 11.8 Å². The number of nitrogens with one attached hydrogen (secondary N) is 1. The minimum Gasteiger partial charge on any atom is -0.314 e. The minimum absolute atomic E-state index is 0.194. The Labute approximate surface area is 123 Å². The average Bonchev–Trinajstić information content (AvgIpc) is 3.27. The van der Waals surface area contributed by atoms with Gasteiger partial charge in [-0.1, -0.05) is 6.92 Å². The number of likely N-dealkylation sites (tertiary alicyclic amines) is 1. The summed E-state index contributed by atoms with van der Waals surface area (Å²) in [7, 11) is -1.33. The van der Waals surface area contributed by atoms with Crippen LogP contribution in [0, 0.1) is 0 Å². The van der Waals surface area contributed by atoms with Gasteiger partial charge in [0, 0.05) is 19.1 Å². The van der Waals surface area contributed by atoms with Crippen molar-refractivity contribution >= 4 is 10.0 Å². The molecule has 20 heavy (non-hydrogen) atoms. The summed E-state index contributed by atoms with van der Waals surface area (Å²) in [6.07, 6.45) is 5.15. The van der Waals surface area contributed by atoms with Gasteiger partial charge in [-0.15, -0.1) is 0 Å². The van der Waals surface area contributed by atoms with E-state index < -0.39 is 10.0 Å². The normalized spacial score (nSPS) is 22.6. The second kappa shape index (κ2) is 7.20. The molecule has 5 nitrogen and oxygen atoms in total. The number of sulfonamides is 1. The molecule has 0 amide bonds. The Hall–Kier alpha value is -0.170. The van der Waals surface area contributed by atoms with Crippen molar-refractivity contribution in [3.63, 3.8) is 0 Å². The number of piperidine rings is 1. The first kappa shape index (κ1) is 16.2. The fourth-order valence-corrected chi connectivity index (χ4v) is 4.28. The molecule has 0 atom stereocenters. The summed E-state index contributed by atoms with van der Waals surface area (Å²) in [4.78, 5) is 2.39. The molecule has 1 heterocycles. The molecule has 1 saturated heterocycles. The van der Waals surface area contributed by atoms with Gasteiger partial charge in [0.05, 0.1) is 5.75 Å². The van der Waals surface area contributed by atoms with Gasteiger partial charge in [-0.3, -0.25) is 0 Å². The molecule has 0 bridgehead atoms. The van der Waals surface area contributed by atoms with E-state index in [1.54, 1.807) is 11.4 Å². The zero-order chi connectivity index (χ0) is 14.6. The van der Waals surface area contributed by atoms with Gasteiger partial charge in [0.2, 0.25) is 10.0 Å². The van der Waals surface area contributed by atoms with E-state index in [1.165, 1.54) is 12.8 Å². The summed E-state index contributed by atoms with van der Waals surface area (Å²) in [6, 6.07) is 0.855. The Morgan fingerprint density at radius 2 is 1.85 bits per heavy atom. The van der Waals surface area contributed by atoms with Gasteiger partial charge in [0.25, 0.3) is 0 Å². The predicted octanol–water partition coefficient (Wildman–Crippen LogP) is 0.874. The van der Waals surface area contributed by atoms with Gasteiger partial charge in [-0.2, -0.15) is 0 Å². The standard InChI is InChI=1S/C14H29N3O2S/c1-3-17-10-7-14(8-11-17)16(2)20(18,19)12-4-9-15-13-5-6-13/h13-15H,3-12H2,1-2H3. The Morgan fingerprint density at radius 1 is 1.20 bits per heavy atom. The van der Waals surface area contributed by atoms with Crippen molar-refractivity contribution in [3.05, 3.63) is 0 Å². The third-order valence-corrected chi connectivity index (χ3v) is 6.53. The van der Waals surface area contributed by atoms with Gasteiger partial charge in [-0.05, 0) is 58.3 Å². The molecule has 1 saturated carbocycles. The van der Waals surface area contributed by atoms with Crippen LogP contribution in [0.4, 0.5) is 0 Å². The van der Waals surface area contributed by atoms with Crippen molar-refractivity contribution in [1.29, 1.82) is 0 Å². The largest absolute Gasteiger partial charge is 0.314 e. The van der Waals surface area contributed by atoms with E-state index in [9.17, 15) is 8.42 Å². The van der Waals surface area contributed by atoms with Crippen molar-refractivity contribution in [2.75, 3.05) is 39.0 Å². The fraction of sp³-hybridized carbons (Fsp3) is 1.00. The summed E-state index contributed by atoms with van der Waals surface area (Å²) in [5.41, 5.74) is 0. The maximum Gasteiger partial charge on any atom is 0.214 e. The summed E-state index contributed by atoms with van der Waals surface area (Å²) in [5.74, 6) is 0.275. The molecule has 118 valence electrons. The molecule has 2 fully saturated rings. The van der Waals surface area contributed by atoms with E-state index in [1.807, 2.05) is 0 Å². The summed E-state index contributed by atoms with van der Waals surface area (Å²) in [6.45, 7) is 6.09. The van der Waals surface area contributed by atoms with Crippen LogP contribution in [0.15, 0.2) is 0 Å². The monoisotopic (exact) mass is 303 g/mol. The van der Waals surface area contributed by atoms with Gasteiger partial charge in [0.15, 0.2) is 0 Å². The highest BCUT2D eigenvalue weighted by Crippen LogP contribution is 2.19. The van der Waals surface area contributed by atoms with Crippen LogP contribution in [0.1, 0.15) is 39.0 Å². The second-order valence-electron chi connectivity index (χ2n) is 6.08. The van der Waals surface area contributed by atoms with E-state index in [4.69, 9.17) is 0 Å². The Bertz CT molecular complexity index is 387. The van der Waals surface area contributed by atoms with E-state index >= 15 is 0 Å². The second-order valence-corrected chi connectivity index (χ2v) is 8.23. The quantitative estimate of drug-likeness (QED) is 0.676. The zero-order valence-corrected chi connectivity index (χ0v) is 13.7. The lowest BCUT2D eigenvalue weighted by atomic mass is 10.1. The Balaban J connectivity index is 1.72. The average molecular weight is 303 g/mol. The number of rotatable bonds is 8. The van der Waals surface area contributed by atoms with Crippen LogP contribution in [-0.2, 0) is 10.0 Å². The first-order valence-corrected chi connectivity index (χ1v) is 9.55. The van der Waals surface area contributed by atoms with E-state index in [0.29, 0.717) is 6.04 Å². The SMILES string of the molecule is CCN1CCC(N(C)S(=O)(=O)CCCNC2CC2)CC1. The molecule has 1 N–H and O–H groups in total. The topological polar surface area (TPSA) is 52.7 Å². The first-order valence-electron chi connectivity index (χ1n) is 7.94. The minimum atomic E-state index is -3.09. The molecule has 0 unspecified atom stereocenters. The smallest absolute Gasteiger partial charge is 0.214 e. The lowest BCUT2D eigenvalue weighted by Gasteiger charge is -2.35. The number of hydrogen-bond acceptors (Lipinski definition) is 4. The van der Waals surface area contributed by atoms with Crippen LogP contribution in [0.5, 0.6) is 0 Å². The molecule has 0 aromatic carbocycles. The van der Waals surface area contributed by atoms with Crippen molar-refractivity contribution in [2.24, 2.45) is 0 Å². The number of nitrogens with zero attached hydrogens (tertiary/aromatic N) is 2. The van der Waals surface area contributed by atoms with Crippen molar-refractivity contribution in [1.82, 2.24) is 14.5 Å². The first-order chi connectivity index (χ1) is 9.53. The van der Waals surface area contributed by atoms with E-state index in [0.717, 1.165) is 45.4 Å². The Morgan fingerprint density at radius 3 is 2.40 bits per heavy atom. The highest BCUT2D eigenvalue weighted by Gasteiger charge is 2.29. The van der Waals surface area contributed by atoms with Crippen molar-refractivity contribution in [3.8, 4) is 0 Å². The molecular formula is C14H29N3O2S. The summed E-state index contributed by atoms with van der Waals surface area (Å²) >= 11 is 0. The molecule has 2 rings (SSSR count). The van der Waals surface area contributed by atoms with Crippen LogP contribution in [-0.4, -0.2) is 68.7 Å². The van der Waals surface area contributed by atoms with Crippen LogP contribution in [0.3, 0.4) is 0 Å². The molecule has 1 aliphatic heterocycles. The molecular weight excluding hydrogens is 274 g/mol. The Kier molecular flexibility index (Phi) is 5.84. The van der Waals surface area contributed by atoms with Crippen LogP contribution < -0.4 is 5.32 Å². The lowest BCUT2D eigenvalue weighted by Crippen LogP contribution is -2.46. The summed E-state index contributed by atoms with van der Waals surface area (Å²) < 4.78 is 26.3. The van der Waals surface area contributed by atoms with Crippen LogP contribution in [0.2, 0.25) is 0 Å². The molecule has 0 aromatic heterocycles. The van der Waals surface area contributed by atoms with Crippen LogP contribution >= 0.6 is 0 Å². The predicted molar refractivity (Wildman–Crippen MR) is 82.3 cm³/mol. The van der Waals surface area contributed by atoms with Gasteiger partial charge in [-0.25, -0.2) is 12.7 Å². The van der Waals surface area contributed by atoms with E-state index in [2.05, 4.69) is 17.1 Å². The van der Waals surface area contributed by atoms with Crippen molar-refractivity contribution < 1.29 is 8.42 Å². The maximum absolute atomic E-state index is 12.3. The third-order valence-electron chi connectivity index (χ3n) is 4.55. The third kappa shape index (κ3) is 4.69. The molecule has 2 aliphatic rings. The maximum atomic E-state index is 12.3. The lowest BCUT2D eigenvalue weighted by molar-refractivity contribution is 0.176. The zero-order valence-electron chi connectivity index (χ0n) is 12.8. The molecule has 0 aromatic rings. The van der Waals surface area contributed by atoms with Gasteiger partial charge >= 0.3 is 0 Å². The fourth-order valence-electron chi connectivity index (χ4n) is 2.82. The van der Waals surface area contributed by atoms with Gasteiger partial charge < -0.3 is 10.2 Å². The highest BCUT2D eigenvalue weighted by atomic mass is 32.2. The molecule has 1 aliphatic carbocycles. The van der Waals surface area contributed by atoms with Gasteiger partial charge in [0.1, 0.15) is 0 Å². The number of hydrogen-bond donors (Lipinski definition) is 1. The van der Waals surface area contributed by atoms with Crippen molar-refractivity contribution in [2.45, 2.75) is 51.1 Å². The molecule has 0 spiro atoms. The summed E-state index contributed by atoms with van der Waals surface area (Å²) in [5, 5.41) is 3.37.